The number of morpholine rings is 1. The molecule has 0 bridgehead atoms. The zero-order valence-electron chi connectivity index (χ0n) is 11.4. The molecule has 1 aromatic rings. The fourth-order valence-electron chi connectivity index (χ4n) is 2.29. The summed E-state index contributed by atoms with van der Waals surface area (Å²) in [6.07, 6.45) is 0.310. The molecule has 1 aliphatic rings. The summed E-state index contributed by atoms with van der Waals surface area (Å²) < 4.78 is 5.67. The molecule has 3 nitrogen and oxygen atoms in total. The Morgan fingerprint density at radius 1 is 1.33 bits per heavy atom. The molecule has 2 rings (SSSR count). The Morgan fingerprint density at radius 2 is 2.11 bits per heavy atom. The quantitative estimate of drug-likeness (QED) is 0.829. The Labute approximate surface area is 110 Å². The van der Waals surface area contributed by atoms with Crippen LogP contribution in [0.3, 0.4) is 0 Å². The van der Waals surface area contributed by atoms with Crippen LogP contribution in [0.5, 0.6) is 0 Å². The molecule has 1 unspecified atom stereocenters. The van der Waals surface area contributed by atoms with Crippen molar-refractivity contribution in [2.24, 2.45) is 0 Å². The van der Waals surface area contributed by atoms with Gasteiger partial charge in [0.25, 0.3) is 0 Å². The zero-order valence-corrected chi connectivity index (χ0v) is 11.4. The number of hydrogen-bond acceptors (Lipinski definition) is 3. The largest absolute Gasteiger partial charge is 0.374 e. The highest BCUT2D eigenvalue weighted by Gasteiger charge is 2.21. The van der Waals surface area contributed by atoms with Crippen molar-refractivity contribution in [2.75, 3.05) is 32.8 Å². The molecule has 0 radical (unpaired) electrons. The average molecular weight is 248 g/mol. The maximum Gasteiger partial charge on any atom is 0.0824 e. The van der Waals surface area contributed by atoms with Gasteiger partial charge in [-0.3, -0.25) is 0 Å². The van der Waals surface area contributed by atoms with Gasteiger partial charge in [-0.25, -0.2) is 0 Å². The lowest BCUT2D eigenvalue weighted by Gasteiger charge is -2.28. The van der Waals surface area contributed by atoms with Gasteiger partial charge < -0.3 is 15.4 Å². The Hall–Kier alpha value is -0.900. The first-order chi connectivity index (χ1) is 8.68. The molecule has 0 amide bonds. The van der Waals surface area contributed by atoms with E-state index >= 15 is 0 Å². The van der Waals surface area contributed by atoms with Crippen LogP contribution in [0.1, 0.15) is 19.4 Å². The molecule has 18 heavy (non-hydrogen) atoms. The van der Waals surface area contributed by atoms with Crippen LogP contribution in [0.25, 0.3) is 0 Å². The Morgan fingerprint density at radius 3 is 2.78 bits per heavy atom. The molecule has 1 fully saturated rings. The molecule has 3 heteroatoms. The molecular formula is C15H24N2O. The van der Waals surface area contributed by atoms with E-state index in [-0.39, 0.29) is 5.41 Å². The van der Waals surface area contributed by atoms with Crippen LogP contribution in [0.4, 0.5) is 0 Å². The Balaban J connectivity index is 1.78. The minimum atomic E-state index is 0.156. The standard InChI is InChI=1S/C15H24N2O/c1-15(2,13-6-4-3-5-7-13)12-17-11-14-10-16-8-9-18-14/h3-7,14,16-17H,8-12H2,1-2H3. The van der Waals surface area contributed by atoms with Gasteiger partial charge in [-0.05, 0) is 5.56 Å². The number of nitrogens with one attached hydrogen (secondary N) is 2. The van der Waals surface area contributed by atoms with Gasteiger partial charge in [0.1, 0.15) is 0 Å². The number of hydrogen-bond donors (Lipinski definition) is 2. The third kappa shape index (κ3) is 3.80. The van der Waals surface area contributed by atoms with Gasteiger partial charge in [0.15, 0.2) is 0 Å². The smallest absolute Gasteiger partial charge is 0.0824 e. The van der Waals surface area contributed by atoms with Crippen LogP contribution in [-0.4, -0.2) is 38.9 Å². The van der Waals surface area contributed by atoms with Crippen LogP contribution in [0.2, 0.25) is 0 Å². The van der Waals surface area contributed by atoms with Crippen molar-refractivity contribution in [3.05, 3.63) is 35.9 Å². The van der Waals surface area contributed by atoms with Crippen LogP contribution >= 0.6 is 0 Å². The minimum Gasteiger partial charge on any atom is -0.374 e. The molecular weight excluding hydrogens is 224 g/mol. The van der Waals surface area contributed by atoms with Gasteiger partial charge in [0.05, 0.1) is 12.7 Å². The maximum atomic E-state index is 5.67. The summed E-state index contributed by atoms with van der Waals surface area (Å²) in [5.41, 5.74) is 1.53. The van der Waals surface area contributed by atoms with E-state index in [1.165, 1.54) is 5.56 Å². The topological polar surface area (TPSA) is 33.3 Å². The van der Waals surface area contributed by atoms with Crippen LogP contribution in [-0.2, 0) is 10.2 Å². The third-order valence-electron chi connectivity index (χ3n) is 3.50. The molecule has 1 aliphatic heterocycles. The second-order valence-electron chi connectivity index (χ2n) is 5.58. The predicted octanol–water partition coefficient (Wildman–Crippen LogP) is 1.54. The van der Waals surface area contributed by atoms with Gasteiger partial charge in [-0.15, -0.1) is 0 Å². The second-order valence-corrected chi connectivity index (χ2v) is 5.58. The Kier molecular flexibility index (Phi) is 4.75. The summed E-state index contributed by atoms with van der Waals surface area (Å²) in [4.78, 5) is 0. The van der Waals surface area contributed by atoms with E-state index in [0.717, 1.165) is 32.8 Å². The molecule has 0 aromatic heterocycles. The SMILES string of the molecule is CC(C)(CNCC1CNCCO1)c1ccccc1. The van der Waals surface area contributed by atoms with Gasteiger partial charge in [-0.1, -0.05) is 44.2 Å². The molecule has 1 heterocycles. The highest BCUT2D eigenvalue weighted by molar-refractivity contribution is 5.23. The predicted molar refractivity (Wildman–Crippen MR) is 74.9 cm³/mol. The maximum absolute atomic E-state index is 5.67. The van der Waals surface area contributed by atoms with Crippen molar-refractivity contribution < 1.29 is 4.74 Å². The lowest BCUT2D eigenvalue weighted by Crippen LogP contribution is -2.46. The molecule has 0 aliphatic carbocycles. The molecule has 0 spiro atoms. The van der Waals surface area contributed by atoms with Crippen LogP contribution in [0.15, 0.2) is 30.3 Å². The molecule has 0 saturated carbocycles. The van der Waals surface area contributed by atoms with E-state index in [9.17, 15) is 0 Å². The molecule has 2 N–H and O–H groups in total. The first kappa shape index (κ1) is 13.5. The third-order valence-corrected chi connectivity index (χ3v) is 3.50. The molecule has 1 aromatic carbocycles. The summed E-state index contributed by atoms with van der Waals surface area (Å²) in [6.45, 7) is 9.20. The van der Waals surface area contributed by atoms with E-state index in [4.69, 9.17) is 4.74 Å². The Bertz CT molecular complexity index is 345. The van der Waals surface area contributed by atoms with E-state index in [1.54, 1.807) is 0 Å². The van der Waals surface area contributed by atoms with Gasteiger partial charge in [-0.2, -0.15) is 0 Å². The highest BCUT2D eigenvalue weighted by Crippen LogP contribution is 2.21. The van der Waals surface area contributed by atoms with E-state index in [2.05, 4.69) is 54.8 Å². The summed E-state index contributed by atoms with van der Waals surface area (Å²) in [7, 11) is 0. The molecule has 1 atom stereocenters. The van der Waals surface area contributed by atoms with Crippen molar-refractivity contribution in [2.45, 2.75) is 25.4 Å². The summed E-state index contributed by atoms with van der Waals surface area (Å²) in [6, 6.07) is 10.7. The van der Waals surface area contributed by atoms with Gasteiger partial charge >= 0.3 is 0 Å². The van der Waals surface area contributed by atoms with Crippen molar-refractivity contribution in [3.63, 3.8) is 0 Å². The fraction of sp³-hybridized carbons (Fsp3) is 0.600. The monoisotopic (exact) mass is 248 g/mol. The number of rotatable bonds is 5. The normalized spacial score (nSPS) is 20.9. The lowest BCUT2D eigenvalue weighted by atomic mass is 9.84. The van der Waals surface area contributed by atoms with Gasteiger partial charge in [0, 0.05) is 31.6 Å². The molecule has 1 saturated heterocycles. The van der Waals surface area contributed by atoms with E-state index in [0.29, 0.717) is 6.10 Å². The first-order valence-corrected chi connectivity index (χ1v) is 6.77. The number of ether oxygens (including phenoxy) is 1. The van der Waals surface area contributed by atoms with Crippen molar-refractivity contribution >= 4 is 0 Å². The average Bonchev–Trinajstić information content (AvgIpc) is 2.41. The zero-order chi connectivity index (χ0) is 12.8. The van der Waals surface area contributed by atoms with Crippen molar-refractivity contribution in [3.8, 4) is 0 Å². The van der Waals surface area contributed by atoms with Gasteiger partial charge in [0.2, 0.25) is 0 Å². The van der Waals surface area contributed by atoms with Crippen molar-refractivity contribution in [1.82, 2.24) is 10.6 Å². The second kappa shape index (κ2) is 6.32. The number of benzene rings is 1. The van der Waals surface area contributed by atoms with Crippen LogP contribution in [0, 0.1) is 0 Å². The van der Waals surface area contributed by atoms with E-state index in [1.807, 2.05) is 0 Å². The summed E-state index contributed by atoms with van der Waals surface area (Å²) in [5, 5.41) is 6.88. The minimum absolute atomic E-state index is 0.156. The van der Waals surface area contributed by atoms with Crippen molar-refractivity contribution in [1.29, 1.82) is 0 Å². The van der Waals surface area contributed by atoms with Crippen LogP contribution < -0.4 is 10.6 Å². The first-order valence-electron chi connectivity index (χ1n) is 6.77. The lowest BCUT2D eigenvalue weighted by molar-refractivity contribution is 0.0287. The molecule has 100 valence electrons. The highest BCUT2D eigenvalue weighted by atomic mass is 16.5. The van der Waals surface area contributed by atoms with E-state index < -0.39 is 0 Å². The summed E-state index contributed by atoms with van der Waals surface area (Å²) in [5.74, 6) is 0. The fourth-order valence-corrected chi connectivity index (χ4v) is 2.29. The summed E-state index contributed by atoms with van der Waals surface area (Å²) >= 11 is 0.